The van der Waals surface area contributed by atoms with E-state index in [1.807, 2.05) is 32.0 Å². The van der Waals surface area contributed by atoms with Crippen LogP contribution < -0.4 is 0 Å². The Labute approximate surface area is 62.1 Å². The van der Waals surface area contributed by atoms with Gasteiger partial charge in [-0.3, -0.25) is 0 Å². The summed E-state index contributed by atoms with van der Waals surface area (Å²) in [6.07, 6.45) is 0. The molecule has 0 saturated carbocycles. The maximum Gasteiger partial charge on any atom is 0.187 e. The molecule has 1 heteroatoms. The monoisotopic (exact) mass is 133 g/mol. The molecule has 1 nitrogen and oxygen atoms in total. The quantitative estimate of drug-likeness (QED) is 0.478. The molecule has 0 fully saturated rings. The van der Waals surface area contributed by atoms with Crippen LogP contribution >= 0.6 is 0 Å². The summed E-state index contributed by atoms with van der Waals surface area (Å²) in [5, 5.41) is 0. The van der Waals surface area contributed by atoms with Crippen LogP contribution in [0, 0.1) is 6.57 Å². The average Bonchev–Trinajstić information content (AvgIpc) is 2.10. The highest BCUT2D eigenvalue weighted by atomic mass is 14.6. The molecule has 0 saturated heterocycles. The number of hydrogen-bond donors (Lipinski definition) is 0. The lowest BCUT2D eigenvalue weighted by Crippen LogP contribution is -1.54. The van der Waals surface area contributed by atoms with Crippen molar-refractivity contribution in [1.82, 2.24) is 0 Å². The minimum atomic E-state index is 0.701. The number of hydrogen-bond acceptors (Lipinski definition) is 0. The van der Waals surface area contributed by atoms with Crippen molar-refractivity contribution >= 4 is 5.69 Å². The van der Waals surface area contributed by atoms with Gasteiger partial charge in [-0.25, -0.2) is 4.85 Å². The summed E-state index contributed by atoms with van der Waals surface area (Å²) in [4.78, 5) is 3.22. The van der Waals surface area contributed by atoms with E-state index in [1.54, 1.807) is 12.1 Å². The molecule has 52 valence electrons. The van der Waals surface area contributed by atoms with Gasteiger partial charge in [0, 0.05) is 0 Å². The number of nitrogens with zero attached hydrogens (tertiary/aromatic N) is 1. The zero-order valence-corrected chi connectivity index (χ0v) is 6.33. The van der Waals surface area contributed by atoms with Crippen molar-refractivity contribution < 1.29 is 0 Å². The highest BCUT2D eigenvalue weighted by molar-refractivity contribution is 5.42. The smallest absolute Gasteiger partial charge is 0.187 e. The van der Waals surface area contributed by atoms with Gasteiger partial charge >= 0.3 is 0 Å². The van der Waals surface area contributed by atoms with Crippen LogP contribution in [0.2, 0.25) is 0 Å². The van der Waals surface area contributed by atoms with Crippen LogP contribution in [0.3, 0.4) is 0 Å². The van der Waals surface area contributed by atoms with Gasteiger partial charge in [0.25, 0.3) is 0 Å². The standard InChI is InChI=1S/C7H5N.C2H6/c1-8-7-5-3-2-4-6-7;1-2/h2-6H;1-2H3. The summed E-state index contributed by atoms with van der Waals surface area (Å²) >= 11 is 0. The lowest BCUT2D eigenvalue weighted by atomic mass is 10.3. The van der Waals surface area contributed by atoms with Crippen LogP contribution in [-0.2, 0) is 0 Å². The van der Waals surface area contributed by atoms with Crippen molar-refractivity contribution in [3.8, 4) is 0 Å². The summed E-state index contributed by atoms with van der Waals surface area (Å²) in [5.74, 6) is 0. The lowest BCUT2D eigenvalue weighted by Gasteiger charge is -1.80. The largest absolute Gasteiger partial charge is 0.238 e. The summed E-state index contributed by atoms with van der Waals surface area (Å²) in [5.41, 5.74) is 0.701. The van der Waals surface area contributed by atoms with Gasteiger partial charge in [-0.2, -0.15) is 0 Å². The first-order valence-electron chi connectivity index (χ1n) is 3.36. The molecule has 10 heavy (non-hydrogen) atoms. The summed E-state index contributed by atoms with van der Waals surface area (Å²) in [6.45, 7) is 10.6. The van der Waals surface area contributed by atoms with Gasteiger partial charge in [-0.1, -0.05) is 44.2 Å². The molecule has 0 heterocycles. The molecule has 0 aliphatic rings. The number of benzene rings is 1. The Morgan fingerprint density at radius 2 is 1.60 bits per heavy atom. The van der Waals surface area contributed by atoms with Crippen molar-refractivity contribution in [2.75, 3.05) is 0 Å². The molecule has 1 aromatic rings. The van der Waals surface area contributed by atoms with Crippen LogP contribution in [0.25, 0.3) is 4.85 Å². The Bertz CT molecular complexity index is 196. The van der Waals surface area contributed by atoms with Gasteiger partial charge in [0.05, 0.1) is 6.57 Å². The first kappa shape index (κ1) is 8.71. The minimum absolute atomic E-state index is 0.701. The molecule has 0 atom stereocenters. The minimum Gasteiger partial charge on any atom is -0.238 e. The van der Waals surface area contributed by atoms with E-state index in [0.717, 1.165) is 0 Å². The SMILES string of the molecule is CC.[C-]#[N+]c1ccccc1. The molecular weight excluding hydrogens is 122 g/mol. The fourth-order valence-electron chi connectivity index (χ4n) is 0.503. The fraction of sp³-hybridized carbons (Fsp3) is 0.222. The highest BCUT2D eigenvalue weighted by Crippen LogP contribution is 2.07. The van der Waals surface area contributed by atoms with Crippen molar-refractivity contribution in [1.29, 1.82) is 0 Å². The van der Waals surface area contributed by atoms with Gasteiger partial charge in [-0.15, -0.1) is 0 Å². The summed E-state index contributed by atoms with van der Waals surface area (Å²) in [7, 11) is 0. The Morgan fingerprint density at radius 1 is 1.10 bits per heavy atom. The maximum absolute atomic E-state index is 6.57. The van der Waals surface area contributed by atoms with E-state index in [-0.39, 0.29) is 0 Å². The first-order chi connectivity index (χ1) is 4.93. The van der Waals surface area contributed by atoms with Crippen LogP contribution in [0.1, 0.15) is 13.8 Å². The van der Waals surface area contributed by atoms with E-state index in [0.29, 0.717) is 5.69 Å². The Hall–Kier alpha value is -1.29. The average molecular weight is 133 g/mol. The highest BCUT2D eigenvalue weighted by Gasteiger charge is 1.79. The van der Waals surface area contributed by atoms with E-state index >= 15 is 0 Å². The van der Waals surface area contributed by atoms with Gasteiger partial charge in [0.2, 0.25) is 0 Å². The fourth-order valence-corrected chi connectivity index (χ4v) is 0.503. The van der Waals surface area contributed by atoms with Crippen molar-refractivity contribution in [3.63, 3.8) is 0 Å². The van der Waals surface area contributed by atoms with E-state index in [9.17, 15) is 0 Å². The predicted octanol–water partition coefficient (Wildman–Crippen LogP) is 3.26. The molecule has 0 aliphatic carbocycles. The van der Waals surface area contributed by atoms with Gasteiger partial charge in [0.1, 0.15) is 0 Å². The van der Waals surface area contributed by atoms with Crippen LogP contribution in [-0.4, -0.2) is 0 Å². The summed E-state index contributed by atoms with van der Waals surface area (Å²) < 4.78 is 0. The molecule has 0 bridgehead atoms. The second kappa shape index (κ2) is 5.84. The third-order valence-corrected chi connectivity index (χ3v) is 0.885. The van der Waals surface area contributed by atoms with Crippen molar-refractivity contribution in [3.05, 3.63) is 41.7 Å². The second-order valence-corrected chi connectivity index (χ2v) is 1.45. The molecule has 0 unspecified atom stereocenters. The Kier molecular flexibility index (Phi) is 5.09. The molecule has 0 amide bonds. The number of rotatable bonds is 0. The molecule has 0 N–H and O–H groups in total. The molecule has 0 radical (unpaired) electrons. The lowest BCUT2D eigenvalue weighted by molar-refractivity contribution is 1.50. The zero-order chi connectivity index (χ0) is 7.82. The van der Waals surface area contributed by atoms with E-state index in [4.69, 9.17) is 6.57 Å². The zero-order valence-electron chi connectivity index (χ0n) is 6.33. The van der Waals surface area contributed by atoms with Gasteiger partial charge in [0.15, 0.2) is 5.69 Å². The molecule has 0 aromatic heterocycles. The van der Waals surface area contributed by atoms with Gasteiger partial charge in [-0.05, 0) is 0 Å². The van der Waals surface area contributed by atoms with E-state index < -0.39 is 0 Å². The van der Waals surface area contributed by atoms with Crippen LogP contribution in [0.5, 0.6) is 0 Å². The molecular formula is C9H11N. The van der Waals surface area contributed by atoms with Crippen molar-refractivity contribution in [2.45, 2.75) is 13.8 Å². The number of para-hydroxylation sites is 1. The van der Waals surface area contributed by atoms with E-state index in [1.165, 1.54) is 0 Å². The van der Waals surface area contributed by atoms with E-state index in [2.05, 4.69) is 4.85 Å². The molecule has 0 spiro atoms. The van der Waals surface area contributed by atoms with Gasteiger partial charge < -0.3 is 0 Å². The third kappa shape index (κ3) is 2.88. The Morgan fingerprint density at radius 3 is 1.90 bits per heavy atom. The van der Waals surface area contributed by atoms with Crippen LogP contribution in [0.4, 0.5) is 5.69 Å². The molecule has 1 aromatic carbocycles. The molecule has 0 aliphatic heterocycles. The maximum atomic E-state index is 6.57. The second-order valence-electron chi connectivity index (χ2n) is 1.45. The Balaban J connectivity index is 0.000000371. The predicted molar refractivity (Wildman–Crippen MR) is 44.1 cm³/mol. The third-order valence-electron chi connectivity index (χ3n) is 0.885. The molecule has 1 rings (SSSR count). The normalized spacial score (nSPS) is 6.90. The van der Waals surface area contributed by atoms with Crippen LogP contribution in [0.15, 0.2) is 30.3 Å². The topological polar surface area (TPSA) is 4.36 Å². The first-order valence-corrected chi connectivity index (χ1v) is 3.36. The van der Waals surface area contributed by atoms with Crippen molar-refractivity contribution in [2.24, 2.45) is 0 Å². The summed E-state index contributed by atoms with van der Waals surface area (Å²) in [6, 6.07) is 9.18.